The number of aromatic nitrogens is 3. The third-order valence-corrected chi connectivity index (χ3v) is 5.89. The molecule has 1 rings (SSSR count). The van der Waals surface area contributed by atoms with Crippen LogP contribution in [0.1, 0.15) is 19.3 Å². The molecule has 9 nitrogen and oxygen atoms in total. The number of hydrogen-bond donors (Lipinski definition) is 6. The standard InChI is InChI=1S/C12H24B3N3O6S3/c19-13(20)4-1-7-25-10-16-11(26-8-2-5-14(21)22)18-12(17-10)27-9-3-6-15(23)24/h19-24H,1-9H2. The highest BCUT2D eigenvalue weighted by molar-refractivity contribution is 8.00. The van der Waals surface area contributed by atoms with Gasteiger partial charge in [-0.25, -0.2) is 0 Å². The molecule has 15 heteroatoms. The molecular formula is C12H24B3N3O6S3. The molecule has 0 spiro atoms. The van der Waals surface area contributed by atoms with Crippen LogP contribution in [0.15, 0.2) is 15.5 Å². The van der Waals surface area contributed by atoms with Crippen LogP contribution < -0.4 is 0 Å². The minimum absolute atomic E-state index is 0.286. The predicted molar refractivity (Wildman–Crippen MR) is 111 cm³/mol. The van der Waals surface area contributed by atoms with Crippen molar-refractivity contribution < 1.29 is 30.1 Å². The van der Waals surface area contributed by atoms with E-state index in [1.54, 1.807) is 0 Å². The van der Waals surface area contributed by atoms with Crippen LogP contribution in [0.2, 0.25) is 19.0 Å². The van der Waals surface area contributed by atoms with Crippen LogP contribution in [-0.4, -0.2) is 83.7 Å². The van der Waals surface area contributed by atoms with E-state index in [4.69, 9.17) is 30.1 Å². The molecule has 0 bridgehead atoms. The fourth-order valence-electron chi connectivity index (χ4n) is 1.80. The zero-order chi connectivity index (χ0) is 20.1. The second-order valence-corrected chi connectivity index (χ2v) is 8.78. The van der Waals surface area contributed by atoms with Gasteiger partial charge >= 0.3 is 21.4 Å². The Labute approximate surface area is 172 Å². The lowest BCUT2D eigenvalue weighted by molar-refractivity contribution is 0.403. The Bertz CT molecular complexity index is 453. The van der Waals surface area contributed by atoms with E-state index in [1.165, 1.54) is 35.3 Å². The second-order valence-electron chi connectivity index (χ2n) is 5.60. The zero-order valence-corrected chi connectivity index (χ0v) is 17.3. The molecule has 0 radical (unpaired) electrons. The van der Waals surface area contributed by atoms with E-state index in [0.717, 1.165) is 0 Å². The number of thioether (sulfide) groups is 3. The normalized spacial score (nSPS) is 10.9. The first-order valence-corrected chi connectivity index (χ1v) is 11.6. The fourth-order valence-corrected chi connectivity index (χ4v) is 4.36. The molecule has 6 N–H and O–H groups in total. The Hall–Kier alpha value is 0.0148. The van der Waals surface area contributed by atoms with Crippen molar-refractivity contribution in [2.24, 2.45) is 0 Å². The third kappa shape index (κ3) is 13.8. The molecule has 1 heterocycles. The Morgan fingerprint density at radius 1 is 0.519 bits per heavy atom. The van der Waals surface area contributed by atoms with Gasteiger partial charge in [-0.05, 0) is 38.2 Å². The summed E-state index contributed by atoms with van der Waals surface area (Å²) in [4.78, 5) is 13.2. The van der Waals surface area contributed by atoms with Crippen LogP contribution >= 0.6 is 35.3 Å². The monoisotopic (exact) mass is 435 g/mol. The van der Waals surface area contributed by atoms with E-state index in [-0.39, 0.29) is 19.0 Å². The van der Waals surface area contributed by atoms with E-state index in [9.17, 15) is 0 Å². The van der Waals surface area contributed by atoms with Gasteiger partial charge in [-0.2, -0.15) is 15.0 Å². The van der Waals surface area contributed by atoms with Crippen molar-refractivity contribution in [3.8, 4) is 0 Å². The first kappa shape index (κ1) is 25.1. The molecular weight excluding hydrogens is 411 g/mol. The van der Waals surface area contributed by atoms with Crippen LogP contribution in [0.4, 0.5) is 0 Å². The van der Waals surface area contributed by atoms with Crippen molar-refractivity contribution in [3.63, 3.8) is 0 Å². The number of nitrogens with zero attached hydrogens (tertiary/aromatic N) is 3. The fraction of sp³-hybridized carbons (Fsp3) is 0.750. The summed E-state index contributed by atoms with van der Waals surface area (Å²) in [5, 5.41) is 54.9. The summed E-state index contributed by atoms with van der Waals surface area (Å²) in [5.41, 5.74) is 0. The highest BCUT2D eigenvalue weighted by Gasteiger charge is 2.12. The first-order chi connectivity index (χ1) is 12.9. The summed E-state index contributed by atoms with van der Waals surface area (Å²) in [6, 6.07) is 0. The van der Waals surface area contributed by atoms with Gasteiger partial charge in [0.1, 0.15) is 0 Å². The molecule has 27 heavy (non-hydrogen) atoms. The minimum Gasteiger partial charge on any atom is -0.427 e. The molecule has 0 atom stereocenters. The van der Waals surface area contributed by atoms with Gasteiger partial charge in [0.15, 0.2) is 15.5 Å². The van der Waals surface area contributed by atoms with Crippen LogP contribution in [0.25, 0.3) is 0 Å². The van der Waals surface area contributed by atoms with Crippen LogP contribution in [0.3, 0.4) is 0 Å². The predicted octanol–water partition coefficient (Wildman–Crippen LogP) is -0.263. The molecule has 0 aromatic carbocycles. The van der Waals surface area contributed by atoms with Gasteiger partial charge in [-0.15, -0.1) is 0 Å². The summed E-state index contributed by atoms with van der Waals surface area (Å²) in [7, 11) is -3.94. The molecule has 0 unspecified atom stereocenters. The van der Waals surface area contributed by atoms with Gasteiger partial charge in [-0.1, -0.05) is 35.3 Å². The van der Waals surface area contributed by atoms with Crippen LogP contribution in [-0.2, 0) is 0 Å². The highest BCUT2D eigenvalue weighted by atomic mass is 32.2. The molecule has 1 aromatic heterocycles. The summed E-state index contributed by atoms with van der Waals surface area (Å²) < 4.78 is 0. The molecule has 0 saturated carbocycles. The average molecular weight is 435 g/mol. The second kappa shape index (κ2) is 14.9. The lowest BCUT2D eigenvalue weighted by Gasteiger charge is -2.07. The Kier molecular flexibility index (Phi) is 13.9. The van der Waals surface area contributed by atoms with E-state index in [2.05, 4.69) is 15.0 Å². The molecule has 1 aromatic rings. The summed E-state index contributed by atoms with van der Waals surface area (Å²) in [5.74, 6) is 1.93. The zero-order valence-electron chi connectivity index (χ0n) is 14.8. The Morgan fingerprint density at radius 3 is 1.00 bits per heavy atom. The van der Waals surface area contributed by atoms with Gasteiger partial charge in [0.05, 0.1) is 0 Å². The summed E-state index contributed by atoms with van der Waals surface area (Å²) in [6.07, 6.45) is 2.70. The lowest BCUT2D eigenvalue weighted by atomic mass is 9.85. The van der Waals surface area contributed by atoms with Crippen molar-refractivity contribution >= 4 is 56.6 Å². The molecule has 0 aliphatic heterocycles. The van der Waals surface area contributed by atoms with Crippen molar-refractivity contribution in [1.29, 1.82) is 0 Å². The minimum atomic E-state index is -1.31. The quantitative estimate of drug-likeness (QED) is 0.122. The molecule has 150 valence electrons. The molecule has 0 aliphatic carbocycles. The molecule has 0 amide bonds. The van der Waals surface area contributed by atoms with E-state index in [0.29, 0.717) is 52.0 Å². The average Bonchev–Trinajstić information content (AvgIpc) is 2.59. The van der Waals surface area contributed by atoms with Gasteiger partial charge in [0.25, 0.3) is 0 Å². The third-order valence-electron chi connectivity index (χ3n) is 3.09. The number of rotatable bonds is 15. The van der Waals surface area contributed by atoms with Crippen molar-refractivity contribution in [2.45, 2.75) is 53.7 Å². The number of hydrogen-bond acceptors (Lipinski definition) is 12. The van der Waals surface area contributed by atoms with Gasteiger partial charge in [0, 0.05) is 17.3 Å². The smallest absolute Gasteiger partial charge is 0.427 e. The first-order valence-electron chi connectivity index (χ1n) is 8.59. The maximum Gasteiger partial charge on any atom is 0.451 e. The molecule has 0 fully saturated rings. The Balaban J connectivity index is 2.60. The maximum atomic E-state index is 8.88. The maximum absolute atomic E-state index is 8.88. The lowest BCUT2D eigenvalue weighted by Crippen LogP contribution is -2.10. The van der Waals surface area contributed by atoms with E-state index in [1.807, 2.05) is 0 Å². The van der Waals surface area contributed by atoms with E-state index >= 15 is 0 Å². The van der Waals surface area contributed by atoms with Gasteiger partial charge in [-0.3, -0.25) is 0 Å². The van der Waals surface area contributed by atoms with Crippen LogP contribution in [0.5, 0.6) is 0 Å². The van der Waals surface area contributed by atoms with Gasteiger partial charge < -0.3 is 30.1 Å². The van der Waals surface area contributed by atoms with Crippen LogP contribution in [0, 0.1) is 0 Å². The summed E-state index contributed by atoms with van der Waals surface area (Å²) >= 11 is 4.22. The van der Waals surface area contributed by atoms with Crippen molar-refractivity contribution in [2.75, 3.05) is 17.3 Å². The SMILES string of the molecule is OB(O)CCCSc1nc(SCCCB(O)O)nc(SCCCB(O)O)n1. The summed E-state index contributed by atoms with van der Waals surface area (Å²) in [6.45, 7) is 0. The molecule has 0 aliphatic rings. The van der Waals surface area contributed by atoms with Crippen molar-refractivity contribution in [1.82, 2.24) is 15.0 Å². The largest absolute Gasteiger partial charge is 0.451 e. The van der Waals surface area contributed by atoms with Gasteiger partial charge in [0.2, 0.25) is 0 Å². The van der Waals surface area contributed by atoms with E-state index < -0.39 is 21.4 Å². The highest BCUT2D eigenvalue weighted by Crippen LogP contribution is 2.25. The van der Waals surface area contributed by atoms with Crippen molar-refractivity contribution in [3.05, 3.63) is 0 Å². The Morgan fingerprint density at radius 2 is 0.778 bits per heavy atom. The molecule has 0 saturated heterocycles. The topological polar surface area (TPSA) is 160 Å².